The lowest BCUT2D eigenvalue weighted by atomic mass is 9.95. The summed E-state index contributed by atoms with van der Waals surface area (Å²) in [4.78, 5) is 29.0. The second kappa shape index (κ2) is 11.0. The van der Waals surface area contributed by atoms with E-state index in [1.807, 2.05) is 35.2 Å². The Balaban J connectivity index is 1.28. The molecule has 154 valence electrons. The smallest absolute Gasteiger partial charge is 0.225 e. The molecule has 1 aromatic carbocycles. The SMILES string of the molecule is O=C(NCCN1CCNCC1)C1CCN(C(=O)CCOc2ccccc2)CC1. The fraction of sp³-hybridized carbons (Fsp3) is 0.619. The molecule has 3 rings (SSSR count). The van der Waals surface area contributed by atoms with Crippen LogP contribution in [0.1, 0.15) is 19.3 Å². The number of nitrogens with one attached hydrogen (secondary N) is 2. The van der Waals surface area contributed by atoms with Crippen molar-refractivity contribution in [3.8, 4) is 5.75 Å². The lowest BCUT2D eigenvalue weighted by molar-refractivity contribution is -0.136. The van der Waals surface area contributed by atoms with Crippen LogP contribution < -0.4 is 15.4 Å². The Bertz CT molecular complexity index is 611. The van der Waals surface area contributed by atoms with E-state index >= 15 is 0 Å². The zero-order chi connectivity index (χ0) is 19.6. The minimum Gasteiger partial charge on any atom is -0.493 e. The minimum atomic E-state index is 0.0210. The molecule has 2 saturated heterocycles. The molecule has 2 aliphatic heterocycles. The molecule has 0 aliphatic carbocycles. The number of amides is 2. The van der Waals surface area contributed by atoms with Crippen molar-refractivity contribution in [2.24, 2.45) is 5.92 Å². The van der Waals surface area contributed by atoms with E-state index in [1.54, 1.807) is 0 Å². The number of carbonyl (C=O) groups excluding carboxylic acids is 2. The summed E-state index contributed by atoms with van der Waals surface area (Å²) in [6, 6.07) is 9.53. The second-order valence-corrected chi connectivity index (χ2v) is 7.45. The molecule has 0 aromatic heterocycles. The van der Waals surface area contributed by atoms with Gasteiger partial charge < -0.3 is 20.3 Å². The van der Waals surface area contributed by atoms with Crippen LogP contribution >= 0.6 is 0 Å². The van der Waals surface area contributed by atoms with Crippen LogP contribution in [-0.4, -0.2) is 80.6 Å². The van der Waals surface area contributed by atoms with Gasteiger partial charge in [-0.1, -0.05) is 18.2 Å². The number of rotatable bonds is 8. The molecule has 2 heterocycles. The summed E-state index contributed by atoms with van der Waals surface area (Å²) in [6.45, 7) is 7.44. The predicted octanol–water partition coefficient (Wildman–Crippen LogP) is 0.716. The summed E-state index contributed by atoms with van der Waals surface area (Å²) in [7, 11) is 0. The van der Waals surface area contributed by atoms with E-state index in [1.165, 1.54) is 0 Å². The molecular formula is C21H32N4O3. The molecule has 2 N–H and O–H groups in total. The summed E-state index contributed by atoms with van der Waals surface area (Å²) in [5, 5.41) is 6.40. The van der Waals surface area contributed by atoms with E-state index in [0.717, 1.165) is 51.3 Å². The molecular weight excluding hydrogens is 356 g/mol. The van der Waals surface area contributed by atoms with Crippen molar-refractivity contribution >= 4 is 11.8 Å². The Morgan fingerprint density at radius 2 is 1.79 bits per heavy atom. The molecule has 7 heteroatoms. The normalized spacial score (nSPS) is 18.6. The highest BCUT2D eigenvalue weighted by atomic mass is 16.5. The maximum absolute atomic E-state index is 12.4. The number of para-hydroxylation sites is 1. The number of hydrogen-bond acceptors (Lipinski definition) is 5. The fourth-order valence-electron chi connectivity index (χ4n) is 3.74. The molecule has 2 fully saturated rings. The van der Waals surface area contributed by atoms with Gasteiger partial charge in [-0.25, -0.2) is 0 Å². The number of hydrogen-bond donors (Lipinski definition) is 2. The van der Waals surface area contributed by atoms with Crippen molar-refractivity contribution < 1.29 is 14.3 Å². The zero-order valence-electron chi connectivity index (χ0n) is 16.6. The van der Waals surface area contributed by atoms with Crippen LogP contribution in [0.25, 0.3) is 0 Å². The molecule has 0 spiro atoms. The van der Waals surface area contributed by atoms with Gasteiger partial charge in [-0.3, -0.25) is 14.5 Å². The third-order valence-electron chi connectivity index (χ3n) is 5.48. The van der Waals surface area contributed by atoms with Crippen LogP contribution in [0, 0.1) is 5.92 Å². The van der Waals surface area contributed by atoms with Crippen LogP contribution in [0.4, 0.5) is 0 Å². The van der Waals surface area contributed by atoms with Gasteiger partial charge in [0.1, 0.15) is 5.75 Å². The van der Waals surface area contributed by atoms with E-state index in [2.05, 4.69) is 15.5 Å². The number of likely N-dealkylation sites (tertiary alicyclic amines) is 1. The summed E-state index contributed by atoms with van der Waals surface area (Å²) in [6.07, 6.45) is 1.85. The highest BCUT2D eigenvalue weighted by molar-refractivity contribution is 5.80. The number of nitrogens with zero attached hydrogens (tertiary/aromatic N) is 2. The van der Waals surface area contributed by atoms with Gasteiger partial charge in [0.05, 0.1) is 13.0 Å². The average molecular weight is 389 g/mol. The van der Waals surface area contributed by atoms with E-state index in [9.17, 15) is 9.59 Å². The highest BCUT2D eigenvalue weighted by Gasteiger charge is 2.27. The summed E-state index contributed by atoms with van der Waals surface area (Å²) < 4.78 is 5.60. The monoisotopic (exact) mass is 388 g/mol. The average Bonchev–Trinajstić information content (AvgIpc) is 2.75. The molecule has 2 amide bonds. The number of benzene rings is 1. The number of piperidine rings is 1. The van der Waals surface area contributed by atoms with Crippen molar-refractivity contribution in [3.05, 3.63) is 30.3 Å². The molecule has 7 nitrogen and oxygen atoms in total. The number of piperazine rings is 1. The zero-order valence-corrected chi connectivity index (χ0v) is 16.6. The van der Waals surface area contributed by atoms with Gasteiger partial charge >= 0.3 is 0 Å². The van der Waals surface area contributed by atoms with Gasteiger partial charge in [-0.2, -0.15) is 0 Å². The van der Waals surface area contributed by atoms with Crippen molar-refractivity contribution in [2.75, 3.05) is 59.0 Å². The highest BCUT2D eigenvalue weighted by Crippen LogP contribution is 2.18. The maximum atomic E-state index is 12.4. The van der Waals surface area contributed by atoms with E-state index < -0.39 is 0 Å². The van der Waals surface area contributed by atoms with Gasteiger partial charge in [0.15, 0.2) is 0 Å². The van der Waals surface area contributed by atoms with Crippen LogP contribution in [0.5, 0.6) is 5.75 Å². The molecule has 0 atom stereocenters. The largest absolute Gasteiger partial charge is 0.493 e. The Morgan fingerprint density at radius 1 is 1.07 bits per heavy atom. The Labute approximate surface area is 167 Å². The van der Waals surface area contributed by atoms with Crippen LogP contribution in [0.15, 0.2) is 30.3 Å². The predicted molar refractivity (Wildman–Crippen MR) is 108 cm³/mol. The standard InChI is InChI=1S/C21H32N4O3/c26-20(8-17-28-19-4-2-1-3-5-19)25-12-6-18(7-13-25)21(27)23-11-16-24-14-9-22-10-15-24/h1-5,18,22H,6-17H2,(H,23,27). The topological polar surface area (TPSA) is 73.9 Å². The molecule has 2 aliphatic rings. The first-order valence-electron chi connectivity index (χ1n) is 10.4. The summed E-state index contributed by atoms with van der Waals surface area (Å²) >= 11 is 0. The van der Waals surface area contributed by atoms with Crippen molar-refractivity contribution in [1.29, 1.82) is 0 Å². The van der Waals surface area contributed by atoms with Crippen molar-refractivity contribution in [2.45, 2.75) is 19.3 Å². The van der Waals surface area contributed by atoms with E-state index in [-0.39, 0.29) is 17.7 Å². The minimum absolute atomic E-state index is 0.0210. The quantitative estimate of drug-likeness (QED) is 0.686. The molecule has 0 bridgehead atoms. The Hall–Kier alpha value is -2.12. The summed E-state index contributed by atoms with van der Waals surface area (Å²) in [5.74, 6) is 1.04. The second-order valence-electron chi connectivity index (χ2n) is 7.45. The Kier molecular flexibility index (Phi) is 8.11. The molecule has 0 unspecified atom stereocenters. The summed E-state index contributed by atoms with van der Waals surface area (Å²) in [5.41, 5.74) is 0. The fourth-order valence-corrected chi connectivity index (χ4v) is 3.74. The molecule has 0 saturated carbocycles. The Morgan fingerprint density at radius 3 is 2.50 bits per heavy atom. The van der Waals surface area contributed by atoms with Gasteiger partial charge in [-0.05, 0) is 25.0 Å². The molecule has 0 radical (unpaired) electrons. The first-order valence-corrected chi connectivity index (χ1v) is 10.4. The van der Waals surface area contributed by atoms with Crippen LogP contribution in [0.3, 0.4) is 0 Å². The molecule has 1 aromatic rings. The van der Waals surface area contributed by atoms with Gasteiger partial charge in [0.25, 0.3) is 0 Å². The van der Waals surface area contributed by atoms with Crippen LogP contribution in [-0.2, 0) is 9.59 Å². The number of carbonyl (C=O) groups is 2. The van der Waals surface area contributed by atoms with E-state index in [4.69, 9.17) is 4.74 Å². The maximum Gasteiger partial charge on any atom is 0.225 e. The van der Waals surface area contributed by atoms with Gasteiger partial charge in [0, 0.05) is 58.3 Å². The third kappa shape index (κ3) is 6.49. The lowest BCUT2D eigenvalue weighted by Gasteiger charge is -2.32. The molecule has 28 heavy (non-hydrogen) atoms. The van der Waals surface area contributed by atoms with E-state index in [0.29, 0.717) is 32.7 Å². The third-order valence-corrected chi connectivity index (χ3v) is 5.48. The number of ether oxygens (including phenoxy) is 1. The first kappa shape index (κ1) is 20.6. The van der Waals surface area contributed by atoms with Crippen LogP contribution in [0.2, 0.25) is 0 Å². The van der Waals surface area contributed by atoms with Gasteiger partial charge in [-0.15, -0.1) is 0 Å². The van der Waals surface area contributed by atoms with Crippen molar-refractivity contribution in [3.63, 3.8) is 0 Å². The lowest BCUT2D eigenvalue weighted by Crippen LogP contribution is -2.47. The van der Waals surface area contributed by atoms with Crippen molar-refractivity contribution in [1.82, 2.24) is 20.4 Å². The first-order chi connectivity index (χ1) is 13.7. The van der Waals surface area contributed by atoms with Gasteiger partial charge in [0.2, 0.25) is 11.8 Å².